The number of aromatic carboxylic acids is 1. The fourth-order valence-corrected chi connectivity index (χ4v) is 7.97. The van der Waals surface area contributed by atoms with Crippen LogP contribution in [0.25, 0.3) is 0 Å². The summed E-state index contributed by atoms with van der Waals surface area (Å²) in [5, 5.41) is 12.6. The molecule has 0 saturated heterocycles. The fraction of sp³-hybridized carbons (Fsp3) is 0.607. The van der Waals surface area contributed by atoms with Gasteiger partial charge in [0.1, 0.15) is 9.22 Å². The number of carboxylic acids is 1. The van der Waals surface area contributed by atoms with E-state index >= 15 is 0 Å². The number of carboxylic acid groups (broad SMARTS) is 1. The maximum atomic E-state index is 14.0. The third kappa shape index (κ3) is 6.93. The van der Waals surface area contributed by atoms with Crippen LogP contribution in [0.1, 0.15) is 93.6 Å². The summed E-state index contributed by atoms with van der Waals surface area (Å²) < 4.78 is 1.09. The summed E-state index contributed by atoms with van der Waals surface area (Å²) in [6.45, 7) is 8.36. The number of aromatic nitrogens is 1. The molecule has 0 spiro atoms. The van der Waals surface area contributed by atoms with Gasteiger partial charge in [-0.3, -0.25) is 4.79 Å². The van der Waals surface area contributed by atoms with Crippen molar-refractivity contribution in [2.45, 2.75) is 94.7 Å². The summed E-state index contributed by atoms with van der Waals surface area (Å²) in [5.41, 5.74) is 0.361. The Hall–Kier alpha value is -1.82. The largest absolute Gasteiger partial charge is 0.477 e. The number of thioether (sulfide) groups is 1. The Kier molecular flexibility index (Phi) is 8.85. The number of thiazole rings is 1. The molecule has 194 valence electrons. The first-order valence-electron chi connectivity index (χ1n) is 12.9. The maximum Gasteiger partial charge on any atom is 0.348 e. The van der Waals surface area contributed by atoms with E-state index in [1.54, 1.807) is 11.3 Å². The van der Waals surface area contributed by atoms with Crippen LogP contribution >= 0.6 is 34.4 Å². The van der Waals surface area contributed by atoms with E-state index in [0.29, 0.717) is 21.7 Å². The number of carbonyl (C=O) groups is 2. The maximum absolute atomic E-state index is 14.0. The first-order chi connectivity index (χ1) is 17.1. The Morgan fingerprint density at radius 1 is 1.11 bits per heavy atom. The van der Waals surface area contributed by atoms with Crippen LogP contribution in [0.5, 0.6) is 0 Å². The highest BCUT2D eigenvalue weighted by molar-refractivity contribution is 8.01. The van der Waals surface area contributed by atoms with Gasteiger partial charge in [0, 0.05) is 34.2 Å². The molecule has 2 fully saturated rings. The van der Waals surface area contributed by atoms with Gasteiger partial charge in [-0.1, -0.05) is 30.5 Å². The quantitative estimate of drug-likeness (QED) is 0.380. The monoisotopic (exact) mass is 544 g/mol. The summed E-state index contributed by atoms with van der Waals surface area (Å²) in [6.07, 6.45) is 9.44. The molecular weight excluding hydrogens is 509 g/mol. The van der Waals surface area contributed by atoms with E-state index in [0.717, 1.165) is 55.7 Å². The van der Waals surface area contributed by atoms with Gasteiger partial charge in [0.2, 0.25) is 5.91 Å². The van der Waals surface area contributed by atoms with Crippen molar-refractivity contribution >= 4 is 52.0 Å². The highest BCUT2D eigenvalue weighted by atomic mass is 32.2. The lowest BCUT2D eigenvalue weighted by Gasteiger charge is -2.39. The molecule has 2 aliphatic carbocycles. The van der Waals surface area contributed by atoms with Crippen LogP contribution in [0.3, 0.4) is 0 Å². The predicted octanol–water partition coefficient (Wildman–Crippen LogP) is 7.56. The van der Waals surface area contributed by atoms with Crippen molar-refractivity contribution in [1.29, 1.82) is 0 Å². The Morgan fingerprint density at radius 3 is 2.39 bits per heavy atom. The minimum absolute atomic E-state index is 0.0149. The SMILES string of the molecule is CC(C)(C)C#Cc1cc(N(C(=O)[C@H]2CC[C@H](C)CC2)[C@H]2CC[C@H](Sc3nccs3)CC2)c(C(=O)O)s1. The van der Waals surface area contributed by atoms with E-state index in [-0.39, 0.29) is 28.2 Å². The standard InChI is InChI=1S/C28H36N2O3S3/c1-18-5-7-19(8-6-18)25(31)30(20-9-11-21(12-10-20)36-27-29-15-16-34-27)23-17-22(13-14-28(2,3)4)35-24(23)26(32)33/h15-21H,5-12H2,1-4H3,(H,32,33)/t18-,19-,20-,21-. The predicted molar refractivity (Wildman–Crippen MR) is 150 cm³/mol. The zero-order valence-electron chi connectivity index (χ0n) is 21.6. The minimum atomic E-state index is -0.984. The summed E-state index contributed by atoms with van der Waals surface area (Å²) >= 11 is 4.69. The molecule has 0 aromatic carbocycles. The van der Waals surface area contributed by atoms with Crippen molar-refractivity contribution < 1.29 is 14.7 Å². The van der Waals surface area contributed by atoms with Crippen LogP contribution < -0.4 is 4.90 Å². The third-order valence-corrected chi connectivity index (χ3v) is 10.3. The summed E-state index contributed by atoms with van der Waals surface area (Å²) in [7, 11) is 0. The van der Waals surface area contributed by atoms with E-state index < -0.39 is 5.97 Å². The fourth-order valence-electron chi connectivity index (χ4n) is 5.06. The Bertz CT molecular complexity index is 1110. The first kappa shape index (κ1) is 27.2. The molecule has 1 N–H and O–H groups in total. The lowest BCUT2D eigenvalue weighted by molar-refractivity contribution is -0.124. The van der Waals surface area contributed by atoms with Gasteiger partial charge in [0.05, 0.1) is 10.6 Å². The number of nitrogens with zero attached hydrogens (tertiary/aromatic N) is 2. The van der Waals surface area contributed by atoms with Gasteiger partial charge in [0.25, 0.3) is 0 Å². The lowest BCUT2D eigenvalue weighted by atomic mass is 9.81. The zero-order valence-corrected chi connectivity index (χ0v) is 24.0. The van der Waals surface area contributed by atoms with E-state index in [2.05, 4.69) is 23.7 Å². The summed E-state index contributed by atoms with van der Waals surface area (Å²) in [6, 6.07) is 1.87. The Labute approximate surface area is 227 Å². The number of hydrogen-bond acceptors (Lipinski definition) is 6. The molecule has 36 heavy (non-hydrogen) atoms. The number of anilines is 1. The van der Waals surface area contributed by atoms with Crippen molar-refractivity contribution in [2.75, 3.05) is 4.90 Å². The van der Waals surface area contributed by atoms with Gasteiger partial charge in [0.15, 0.2) is 0 Å². The second-order valence-electron chi connectivity index (χ2n) is 11.1. The summed E-state index contributed by atoms with van der Waals surface area (Å²) in [4.78, 5) is 33.6. The number of rotatable bonds is 6. The Balaban J connectivity index is 1.62. The van der Waals surface area contributed by atoms with Crippen LogP contribution in [-0.4, -0.2) is 33.3 Å². The summed E-state index contributed by atoms with van der Waals surface area (Å²) in [5.74, 6) is 6.13. The molecule has 0 unspecified atom stereocenters. The van der Waals surface area contributed by atoms with Gasteiger partial charge >= 0.3 is 5.97 Å². The molecule has 2 aromatic rings. The second-order valence-corrected chi connectivity index (χ2v) is 14.6. The topological polar surface area (TPSA) is 70.5 Å². The molecular formula is C28H36N2O3S3. The van der Waals surface area contributed by atoms with Crippen molar-refractivity contribution in [2.24, 2.45) is 17.3 Å². The average molecular weight is 545 g/mol. The van der Waals surface area contributed by atoms with Crippen molar-refractivity contribution in [1.82, 2.24) is 4.98 Å². The van der Waals surface area contributed by atoms with Gasteiger partial charge < -0.3 is 10.0 Å². The van der Waals surface area contributed by atoms with Crippen LogP contribution in [-0.2, 0) is 4.79 Å². The molecule has 2 aliphatic rings. The van der Waals surface area contributed by atoms with Crippen LogP contribution in [0.2, 0.25) is 0 Å². The van der Waals surface area contributed by atoms with Gasteiger partial charge in [-0.05, 0) is 84.1 Å². The minimum Gasteiger partial charge on any atom is -0.477 e. The molecule has 0 radical (unpaired) electrons. The molecule has 0 aliphatic heterocycles. The van der Waals surface area contributed by atoms with Crippen LogP contribution in [0.4, 0.5) is 5.69 Å². The van der Waals surface area contributed by atoms with E-state index in [1.807, 2.05) is 55.1 Å². The van der Waals surface area contributed by atoms with E-state index in [1.165, 1.54) is 11.3 Å². The highest BCUT2D eigenvalue weighted by Gasteiger charge is 2.37. The second kappa shape index (κ2) is 11.7. The first-order valence-corrected chi connectivity index (χ1v) is 15.5. The molecule has 0 bridgehead atoms. The van der Waals surface area contributed by atoms with Gasteiger partial charge in [-0.15, -0.1) is 22.7 Å². The molecule has 1 amide bonds. The smallest absolute Gasteiger partial charge is 0.348 e. The molecule has 5 nitrogen and oxygen atoms in total. The molecule has 0 atom stereocenters. The molecule has 4 rings (SSSR count). The average Bonchev–Trinajstić information content (AvgIpc) is 3.49. The Morgan fingerprint density at radius 2 is 1.81 bits per heavy atom. The molecule has 2 saturated carbocycles. The van der Waals surface area contributed by atoms with Crippen LogP contribution in [0.15, 0.2) is 22.0 Å². The van der Waals surface area contributed by atoms with E-state index in [9.17, 15) is 14.7 Å². The van der Waals surface area contributed by atoms with Gasteiger partial charge in [-0.25, -0.2) is 9.78 Å². The van der Waals surface area contributed by atoms with E-state index in [4.69, 9.17) is 0 Å². The lowest BCUT2D eigenvalue weighted by Crippen LogP contribution is -2.46. The normalized spacial score (nSPS) is 24.6. The van der Waals surface area contributed by atoms with Crippen molar-refractivity contribution in [3.8, 4) is 11.8 Å². The number of hydrogen-bond donors (Lipinski definition) is 1. The zero-order chi connectivity index (χ0) is 25.9. The van der Waals surface area contributed by atoms with Crippen LogP contribution in [0, 0.1) is 29.1 Å². The number of carbonyl (C=O) groups excluding carboxylic acids is 1. The number of thiophene rings is 1. The van der Waals surface area contributed by atoms with Crippen molar-refractivity contribution in [3.05, 3.63) is 27.4 Å². The molecule has 2 aromatic heterocycles. The van der Waals surface area contributed by atoms with Crippen molar-refractivity contribution in [3.63, 3.8) is 0 Å². The van der Waals surface area contributed by atoms with Gasteiger partial charge in [-0.2, -0.15) is 0 Å². The number of amides is 1. The molecule has 2 heterocycles. The highest BCUT2D eigenvalue weighted by Crippen LogP contribution is 2.41. The third-order valence-electron chi connectivity index (χ3n) is 7.02. The molecule has 8 heteroatoms.